The number of hydrogen-bond donors (Lipinski definition) is 1. The Hall–Kier alpha value is -1.34. The van der Waals surface area contributed by atoms with E-state index in [1.807, 2.05) is 0 Å². The van der Waals surface area contributed by atoms with Gasteiger partial charge in [-0.2, -0.15) is 4.99 Å². The van der Waals surface area contributed by atoms with Crippen LogP contribution in [0.4, 0.5) is 0 Å². The van der Waals surface area contributed by atoms with Crippen molar-refractivity contribution in [3.8, 4) is 0 Å². The van der Waals surface area contributed by atoms with Crippen molar-refractivity contribution in [2.45, 2.75) is 6.92 Å². The maximum atomic E-state index is 11.5. The number of rotatable bonds is 1. The number of thioether (sulfide) groups is 1. The summed E-state index contributed by atoms with van der Waals surface area (Å²) in [6.45, 7) is 1.36. The van der Waals surface area contributed by atoms with Gasteiger partial charge in [-0.25, -0.2) is 0 Å². The molecule has 1 aliphatic rings. The smallest absolute Gasteiger partial charge is 0.286 e. The number of amides is 2. The van der Waals surface area contributed by atoms with Crippen LogP contribution < -0.4 is 5.32 Å². The molecule has 0 atom stereocenters. The first kappa shape index (κ1) is 12.1. The van der Waals surface area contributed by atoms with Crippen LogP contribution in [0.2, 0.25) is 0 Å². The number of halogens is 1. The molecule has 2 rings (SSSR count). The fourth-order valence-electron chi connectivity index (χ4n) is 1.15. The summed E-state index contributed by atoms with van der Waals surface area (Å²) in [6.07, 6.45) is 1.58. The van der Waals surface area contributed by atoms with E-state index in [9.17, 15) is 9.59 Å². The Morgan fingerprint density at radius 3 is 2.94 bits per heavy atom. The van der Waals surface area contributed by atoms with E-state index < -0.39 is 0 Å². The summed E-state index contributed by atoms with van der Waals surface area (Å²) in [5.41, 5.74) is 0. The topological polar surface area (TPSA) is 71.7 Å². The van der Waals surface area contributed by atoms with Crippen molar-refractivity contribution in [1.82, 2.24) is 5.32 Å². The molecule has 0 aliphatic carbocycles. The van der Waals surface area contributed by atoms with Crippen molar-refractivity contribution in [2.75, 3.05) is 0 Å². The summed E-state index contributed by atoms with van der Waals surface area (Å²) in [7, 11) is 0. The minimum Gasteiger partial charge on any atom is -0.450 e. The van der Waals surface area contributed by atoms with Crippen molar-refractivity contribution < 1.29 is 14.0 Å². The number of hydrogen-bond acceptors (Lipinski definition) is 4. The van der Waals surface area contributed by atoms with Crippen LogP contribution in [0.3, 0.4) is 0 Å². The molecule has 1 N–H and O–H groups in total. The van der Waals surface area contributed by atoms with E-state index >= 15 is 0 Å². The molecule has 2 amide bonds. The number of amidine groups is 1. The van der Waals surface area contributed by atoms with Crippen LogP contribution in [0.5, 0.6) is 0 Å². The lowest BCUT2D eigenvalue weighted by Gasteiger charge is -1.96. The Morgan fingerprint density at radius 2 is 2.35 bits per heavy atom. The third-order valence-electron chi connectivity index (χ3n) is 1.77. The van der Waals surface area contributed by atoms with Gasteiger partial charge in [0, 0.05) is 13.0 Å². The van der Waals surface area contributed by atoms with Gasteiger partial charge < -0.3 is 9.73 Å². The molecule has 0 spiro atoms. The summed E-state index contributed by atoms with van der Waals surface area (Å²) in [5, 5.41) is 2.76. The summed E-state index contributed by atoms with van der Waals surface area (Å²) < 4.78 is 5.83. The molecule has 0 fully saturated rings. The maximum absolute atomic E-state index is 11.5. The van der Waals surface area contributed by atoms with Crippen LogP contribution in [0, 0.1) is 0 Å². The van der Waals surface area contributed by atoms with E-state index in [4.69, 9.17) is 4.42 Å². The van der Waals surface area contributed by atoms with Crippen molar-refractivity contribution >= 4 is 50.7 Å². The Morgan fingerprint density at radius 1 is 1.59 bits per heavy atom. The molecule has 0 unspecified atom stereocenters. The predicted octanol–water partition coefficient (Wildman–Crippen LogP) is 2.15. The normalized spacial score (nSPS) is 17.4. The van der Waals surface area contributed by atoms with E-state index in [1.54, 1.807) is 18.2 Å². The van der Waals surface area contributed by atoms with E-state index in [0.717, 1.165) is 11.8 Å². The van der Waals surface area contributed by atoms with Gasteiger partial charge in [-0.05, 0) is 39.8 Å². The highest BCUT2D eigenvalue weighted by Gasteiger charge is 2.22. The maximum Gasteiger partial charge on any atom is 0.286 e. The van der Waals surface area contributed by atoms with Gasteiger partial charge in [0.25, 0.3) is 5.91 Å². The standard InChI is InChI=1S/C10H7BrN2O3S/c1-5(14)12-10-13-9(15)7(17-10)4-6-2-3-8(11)16-6/h2-4H,1H3,(H,12,13,14,15). The minimum atomic E-state index is -0.383. The van der Waals surface area contributed by atoms with E-state index in [1.165, 1.54) is 6.92 Å². The number of nitrogens with one attached hydrogen (secondary N) is 1. The third kappa shape index (κ3) is 3.07. The van der Waals surface area contributed by atoms with Crippen LogP contribution in [0.1, 0.15) is 12.7 Å². The van der Waals surface area contributed by atoms with Gasteiger partial charge >= 0.3 is 0 Å². The van der Waals surface area contributed by atoms with Crippen LogP contribution in [-0.2, 0) is 9.59 Å². The quantitative estimate of drug-likeness (QED) is 0.806. The number of furan rings is 1. The Bertz CT molecular complexity index is 548. The lowest BCUT2D eigenvalue weighted by atomic mass is 10.4. The highest BCUT2D eigenvalue weighted by Crippen LogP contribution is 2.28. The van der Waals surface area contributed by atoms with Crippen LogP contribution >= 0.6 is 27.7 Å². The average Bonchev–Trinajstić information content (AvgIpc) is 2.74. The van der Waals surface area contributed by atoms with Crippen molar-refractivity contribution in [3.63, 3.8) is 0 Å². The second-order valence-corrected chi connectivity index (χ2v) is 4.97. The van der Waals surface area contributed by atoms with E-state index in [0.29, 0.717) is 20.5 Å². The molecule has 1 aromatic heterocycles. The Labute approximate surface area is 109 Å². The molecule has 2 heterocycles. The van der Waals surface area contributed by atoms with Crippen molar-refractivity contribution in [3.05, 3.63) is 27.5 Å². The Kier molecular flexibility index (Phi) is 3.49. The van der Waals surface area contributed by atoms with Crippen LogP contribution in [-0.4, -0.2) is 17.0 Å². The van der Waals surface area contributed by atoms with E-state index in [-0.39, 0.29) is 11.8 Å². The SMILES string of the molecule is CC(=O)NC1=NC(=O)C(=Cc2ccc(Br)o2)S1. The number of carbonyl (C=O) groups is 2. The summed E-state index contributed by atoms with van der Waals surface area (Å²) >= 11 is 4.27. The van der Waals surface area contributed by atoms with Gasteiger partial charge in [0.1, 0.15) is 5.76 Å². The lowest BCUT2D eigenvalue weighted by molar-refractivity contribution is -0.117. The Balaban J connectivity index is 2.14. The van der Waals surface area contributed by atoms with Gasteiger partial charge in [-0.3, -0.25) is 9.59 Å². The van der Waals surface area contributed by atoms with Gasteiger partial charge in [0.05, 0.1) is 4.91 Å². The first-order valence-electron chi connectivity index (χ1n) is 4.60. The van der Waals surface area contributed by atoms with E-state index in [2.05, 4.69) is 26.2 Å². The highest BCUT2D eigenvalue weighted by molar-refractivity contribution is 9.10. The predicted molar refractivity (Wildman–Crippen MR) is 68.2 cm³/mol. The van der Waals surface area contributed by atoms with Gasteiger partial charge in [0.15, 0.2) is 9.84 Å². The first-order chi connectivity index (χ1) is 8.04. The van der Waals surface area contributed by atoms with Gasteiger partial charge in [-0.1, -0.05) is 0 Å². The van der Waals surface area contributed by atoms with Crippen LogP contribution in [0.15, 0.2) is 31.1 Å². The molecule has 0 aromatic carbocycles. The molecule has 88 valence electrons. The molecular formula is C10H7BrN2O3S. The molecule has 17 heavy (non-hydrogen) atoms. The summed E-state index contributed by atoms with van der Waals surface area (Å²) in [5.74, 6) is -0.0932. The third-order valence-corrected chi connectivity index (χ3v) is 3.10. The summed E-state index contributed by atoms with van der Waals surface area (Å²) in [6, 6.07) is 3.45. The fourth-order valence-corrected chi connectivity index (χ4v) is 2.31. The highest BCUT2D eigenvalue weighted by atomic mass is 79.9. The molecule has 0 radical (unpaired) electrons. The lowest BCUT2D eigenvalue weighted by Crippen LogP contribution is -2.23. The number of nitrogens with zero attached hydrogens (tertiary/aromatic N) is 1. The van der Waals surface area contributed by atoms with Gasteiger partial charge in [-0.15, -0.1) is 0 Å². The molecule has 0 saturated carbocycles. The molecule has 1 aliphatic heterocycles. The van der Waals surface area contributed by atoms with Crippen molar-refractivity contribution in [1.29, 1.82) is 0 Å². The second-order valence-electron chi connectivity index (χ2n) is 3.16. The second kappa shape index (κ2) is 4.89. The molecule has 0 saturated heterocycles. The molecule has 7 heteroatoms. The number of carbonyl (C=O) groups excluding carboxylic acids is 2. The molecule has 1 aromatic rings. The minimum absolute atomic E-state index is 0.258. The number of aliphatic imine (C=N–C) groups is 1. The zero-order chi connectivity index (χ0) is 12.4. The zero-order valence-electron chi connectivity index (χ0n) is 8.69. The largest absolute Gasteiger partial charge is 0.450 e. The van der Waals surface area contributed by atoms with Crippen LogP contribution in [0.25, 0.3) is 6.08 Å². The molecule has 0 bridgehead atoms. The molecular weight excluding hydrogens is 308 g/mol. The molecule has 5 nitrogen and oxygen atoms in total. The van der Waals surface area contributed by atoms with Crippen molar-refractivity contribution in [2.24, 2.45) is 4.99 Å². The average molecular weight is 315 g/mol. The zero-order valence-corrected chi connectivity index (χ0v) is 11.1. The first-order valence-corrected chi connectivity index (χ1v) is 6.21. The monoisotopic (exact) mass is 314 g/mol. The fraction of sp³-hybridized carbons (Fsp3) is 0.100. The summed E-state index contributed by atoms with van der Waals surface area (Å²) in [4.78, 5) is 26.4. The van der Waals surface area contributed by atoms with Gasteiger partial charge in [0.2, 0.25) is 5.91 Å².